The Kier molecular flexibility index (Phi) is 6.14. The summed E-state index contributed by atoms with van der Waals surface area (Å²) in [6.07, 6.45) is 1.99. The molecule has 1 aromatic carbocycles. The van der Waals surface area contributed by atoms with Gasteiger partial charge in [0.1, 0.15) is 12.6 Å². The number of amides is 1. The van der Waals surface area contributed by atoms with E-state index in [1.807, 2.05) is 13.8 Å². The van der Waals surface area contributed by atoms with Crippen molar-refractivity contribution in [3.8, 4) is 0 Å². The molecule has 8 heteroatoms. The van der Waals surface area contributed by atoms with Gasteiger partial charge in [-0.1, -0.05) is 31.9 Å². The maximum atomic E-state index is 12.5. The predicted octanol–water partition coefficient (Wildman–Crippen LogP) is 1.75. The number of methoxy groups -OCH3 is 1. The lowest BCUT2D eigenvalue weighted by Crippen LogP contribution is -2.47. The highest BCUT2D eigenvalue weighted by Gasteiger charge is 2.26. The average molecular weight is 366 g/mol. The maximum absolute atomic E-state index is 12.5. The van der Waals surface area contributed by atoms with E-state index >= 15 is 0 Å². The molecule has 0 aliphatic carbocycles. The number of hydrogen-bond acceptors (Lipinski definition) is 5. The number of ether oxygens (including phenoxy) is 1. The molecule has 1 amide bonds. The van der Waals surface area contributed by atoms with E-state index in [1.54, 1.807) is 12.1 Å². The standard InChI is InChI=1S/C17H20ClN3O4/c1-4-10(2)15(17(24)25-3)20-14(22)8-21-9-19-13-6-5-11(18)7-12(13)16(21)23/h5-7,9-10,15H,4,8H2,1-3H3,(H,20,22)/t10-,15+/m0/s1. The summed E-state index contributed by atoms with van der Waals surface area (Å²) in [4.78, 5) is 40.8. The largest absolute Gasteiger partial charge is 0.467 e. The highest BCUT2D eigenvalue weighted by Crippen LogP contribution is 2.14. The van der Waals surface area contributed by atoms with Crippen LogP contribution in [0.2, 0.25) is 5.02 Å². The SMILES string of the molecule is CC[C@H](C)[C@@H](NC(=O)Cn1cnc2ccc(Cl)cc2c1=O)C(=O)OC. The second-order valence-electron chi connectivity index (χ2n) is 5.79. The lowest BCUT2D eigenvalue weighted by atomic mass is 9.99. The number of fused-ring (bicyclic) bond motifs is 1. The summed E-state index contributed by atoms with van der Waals surface area (Å²) in [6, 6.07) is 4.03. The summed E-state index contributed by atoms with van der Waals surface area (Å²) in [7, 11) is 1.27. The third kappa shape index (κ3) is 4.36. The van der Waals surface area contributed by atoms with Crippen LogP contribution in [0.5, 0.6) is 0 Å². The molecule has 2 aromatic rings. The minimum atomic E-state index is -0.763. The van der Waals surface area contributed by atoms with Crippen LogP contribution in [0, 0.1) is 5.92 Å². The van der Waals surface area contributed by atoms with Crippen LogP contribution in [-0.2, 0) is 20.9 Å². The van der Waals surface area contributed by atoms with Crippen LogP contribution in [0.1, 0.15) is 20.3 Å². The molecule has 2 rings (SSSR count). The van der Waals surface area contributed by atoms with E-state index in [-0.39, 0.29) is 18.0 Å². The van der Waals surface area contributed by atoms with E-state index < -0.39 is 17.9 Å². The smallest absolute Gasteiger partial charge is 0.328 e. The Morgan fingerprint density at radius 3 is 2.76 bits per heavy atom. The van der Waals surface area contributed by atoms with Gasteiger partial charge in [0.05, 0.1) is 24.3 Å². The summed E-state index contributed by atoms with van der Waals surface area (Å²) in [6.45, 7) is 3.50. The van der Waals surface area contributed by atoms with E-state index in [2.05, 4.69) is 10.3 Å². The molecule has 134 valence electrons. The van der Waals surface area contributed by atoms with E-state index in [4.69, 9.17) is 16.3 Å². The van der Waals surface area contributed by atoms with Gasteiger partial charge >= 0.3 is 5.97 Å². The van der Waals surface area contributed by atoms with Crippen molar-refractivity contribution in [3.05, 3.63) is 39.9 Å². The topological polar surface area (TPSA) is 90.3 Å². The van der Waals surface area contributed by atoms with Gasteiger partial charge in [0.15, 0.2) is 0 Å². The van der Waals surface area contributed by atoms with Gasteiger partial charge in [0.2, 0.25) is 5.91 Å². The number of carbonyl (C=O) groups is 2. The number of nitrogens with zero attached hydrogens (tertiary/aromatic N) is 2. The third-order valence-electron chi connectivity index (χ3n) is 4.08. The van der Waals surface area contributed by atoms with Crippen LogP contribution in [0.25, 0.3) is 10.9 Å². The first-order valence-electron chi connectivity index (χ1n) is 7.89. The molecule has 1 N–H and O–H groups in total. The van der Waals surface area contributed by atoms with Crippen molar-refractivity contribution >= 4 is 34.4 Å². The molecule has 0 saturated carbocycles. The molecule has 0 aliphatic rings. The van der Waals surface area contributed by atoms with Gasteiger partial charge in [-0.15, -0.1) is 0 Å². The molecule has 0 unspecified atom stereocenters. The Morgan fingerprint density at radius 1 is 1.40 bits per heavy atom. The van der Waals surface area contributed by atoms with E-state index in [0.717, 1.165) is 0 Å². The fraction of sp³-hybridized carbons (Fsp3) is 0.412. The first-order chi connectivity index (χ1) is 11.9. The van der Waals surface area contributed by atoms with Crippen LogP contribution in [0.15, 0.2) is 29.3 Å². The number of rotatable bonds is 6. The molecule has 0 saturated heterocycles. The summed E-state index contributed by atoms with van der Waals surface area (Å²) in [5, 5.41) is 3.37. The minimum Gasteiger partial charge on any atom is -0.467 e. The number of aromatic nitrogens is 2. The lowest BCUT2D eigenvalue weighted by Gasteiger charge is -2.22. The zero-order chi connectivity index (χ0) is 18.6. The third-order valence-corrected chi connectivity index (χ3v) is 4.32. The fourth-order valence-electron chi connectivity index (χ4n) is 2.41. The fourth-order valence-corrected chi connectivity index (χ4v) is 2.59. The molecular weight excluding hydrogens is 346 g/mol. The number of nitrogens with one attached hydrogen (secondary N) is 1. The molecular formula is C17H20ClN3O4. The lowest BCUT2D eigenvalue weighted by molar-refractivity contribution is -0.146. The van der Waals surface area contributed by atoms with Crippen molar-refractivity contribution in [3.63, 3.8) is 0 Å². The van der Waals surface area contributed by atoms with Crippen molar-refractivity contribution < 1.29 is 14.3 Å². The molecule has 0 bridgehead atoms. The zero-order valence-corrected chi connectivity index (χ0v) is 15.0. The number of halogens is 1. The van der Waals surface area contributed by atoms with Gasteiger partial charge < -0.3 is 10.1 Å². The van der Waals surface area contributed by atoms with Crippen LogP contribution in [-0.4, -0.2) is 34.6 Å². The number of benzene rings is 1. The van der Waals surface area contributed by atoms with Crippen LogP contribution in [0.4, 0.5) is 0 Å². The van der Waals surface area contributed by atoms with Crippen molar-refractivity contribution in [2.45, 2.75) is 32.9 Å². The quantitative estimate of drug-likeness (QED) is 0.788. The van der Waals surface area contributed by atoms with Crippen molar-refractivity contribution in [1.82, 2.24) is 14.9 Å². The van der Waals surface area contributed by atoms with E-state index in [1.165, 1.54) is 24.1 Å². The first kappa shape index (κ1) is 18.9. The van der Waals surface area contributed by atoms with Gasteiger partial charge in [-0.2, -0.15) is 0 Å². The zero-order valence-electron chi connectivity index (χ0n) is 14.3. The number of carbonyl (C=O) groups excluding carboxylic acids is 2. The molecule has 0 fully saturated rings. The molecule has 7 nitrogen and oxygen atoms in total. The van der Waals surface area contributed by atoms with Gasteiger partial charge in [-0.25, -0.2) is 9.78 Å². The monoisotopic (exact) mass is 365 g/mol. The summed E-state index contributed by atoms with van der Waals surface area (Å²) in [5.74, 6) is -1.08. The van der Waals surface area contributed by atoms with Gasteiger partial charge in [0, 0.05) is 5.02 Å². The van der Waals surface area contributed by atoms with Gasteiger partial charge in [0.25, 0.3) is 5.56 Å². The maximum Gasteiger partial charge on any atom is 0.328 e. The first-order valence-corrected chi connectivity index (χ1v) is 8.27. The van der Waals surface area contributed by atoms with Crippen LogP contribution in [0.3, 0.4) is 0 Å². The highest BCUT2D eigenvalue weighted by atomic mass is 35.5. The normalized spacial score (nSPS) is 13.3. The van der Waals surface area contributed by atoms with E-state index in [9.17, 15) is 14.4 Å². The van der Waals surface area contributed by atoms with Gasteiger partial charge in [-0.3, -0.25) is 14.2 Å². The van der Waals surface area contributed by atoms with Crippen LogP contribution < -0.4 is 10.9 Å². The number of hydrogen-bond donors (Lipinski definition) is 1. The van der Waals surface area contributed by atoms with Crippen molar-refractivity contribution in [2.75, 3.05) is 7.11 Å². The predicted molar refractivity (Wildman–Crippen MR) is 94.4 cm³/mol. The van der Waals surface area contributed by atoms with Crippen molar-refractivity contribution in [2.24, 2.45) is 5.92 Å². The van der Waals surface area contributed by atoms with Gasteiger partial charge in [-0.05, 0) is 24.1 Å². The Balaban J connectivity index is 2.22. The Bertz CT molecular complexity index is 849. The minimum absolute atomic E-state index is 0.0957. The van der Waals surface area contributed by atoms with E-state index in [0.29, 0.717) is 22.3 Å². The highest BCUT2D eigenvalue weighted by molar-refractivity contribution is 6.31. The Morgan fingerprint density at radius 2 is 2.12 bits per heavy atom. The molecule has 0 radical (unpaired) electrons. The Labute approximate surface area is 149 Å². The average Bonchev–Trinajstić information content (AvgIpc) is 2.61. The molecule has 1 heterocycles. The molecule has 0 aliphatic heterocycles. The molecule has 2 atom stereocenters. The second kappa shape index (κ2) is 8.11. The molecule has 0 spiro atoms. The molecule has 1 aromatic heterocycles. The summed E-state index contributed by atoms with van der Waals surface area (Å²) < 4.78 is 5.91. The van der Waals surface area contributed by atoms with Crippen molar-refractivity contribution in [1.29, 1.82) is 0 Å². The van der Waals surface area contributed by atoms with Crippen LogP contribution >= 0.6 is 11.6 Å². The Hall–Kier alpha value is -2.41. The summed E-state index contributed by atoms with van der Waals surface area (Å²) >= 11 is 5.91. The number of esters is 1. The molecule has 25 heavy (non-hydrogen) atoms. The summed E-state index contributed by atoms with van der Waals surface area (Å²) in [5.41, 5.74) is 0.124. The second-order valence-corrected chi connectivity index (χ2v) is 6.23.